The average molecular weight is 287 g/mol. The molecule has 0 atom stereocenters. The van der Waals surface area contributed by atoms with Crippen LogP contribution in [0.25, 0.3) is 0 Å². The first-order valence-corrected chi connectivity index (χ1v) is 6.23. The number of nitrogens with zero attached hydrogens (tertiary/aromatic N) is 1. The molecule has 0 unspecified atom stereocenters. The van der Waals surface area contributed by atoms with E-state index in [1.165, 1.54) is 18.2 Å². The fourth-order valence-corrected chi connectivity index (χ4v) is 1.95. The Kier molecular flexibility index (Phi) is 3.93. The maximum atomic E-state index is 10.9. The smallest absolute Gasteiger partial charge is 0.292 e. The third-order valence-corrected chi connectivity index (χ3v) is 3.01. The molecule has 0 spiro atoms. The molecule has 0 bridgehead atoms. The number of nitro groups is 1. The molecule has 0 aliphatic carbocycles. The first-order chi connectivity index (χ1) is 8.87. The molecule has 6 nitrogen and oxygen atoms in total. The van der Waals surface area contributed by atoms with Gasteiger partial charge in [0, 0.05) is 11.1 Å². The summed E-state index contributed by atoms with van der Waals surface area (Å²) in [5.74, 6) is -0.613. The number of hydrogen-bond acceptors (Lipinski definition) is 5. The standard InChI is InChI=1S/C12H15ClN2O4/c1-12(2)18-6-9(7-19-12)14-10-5-8(13)3-4-11(10)15(16)17/h3-5,9,14H,6-7H2,1-2H3. The minimum absolute atomic E-state index is 0.0192. The molecule has 1 heterocycles. The lowest BCUT2D eigenvalue weighted by Gasteiger charge is -2.35. The van der Waals surface area contributed by atoms with Crippen LogP contribution in [0.5, 0.6) is 0 Å². The zero-order chi connectivity index (χ0) is 14.0. The summed E-state index contributed by atoms with van der Waals surface area (Å²) in [6.07, 6.45) is 0. The van der Waals surface area contributed by atoms with E-state index in [9.17, 15) is 10.1 Å². The highest BCUT2D eigenvalue weighted by Crippen LogP contribution is 2.29. The van der Waals surface area contributed by atoms with Crippen LogP contribution in [-0.4, -0.2) is 30.0 Å². The number of halogens is 1. The van der Waals surface area contributed by atoms with Gasteiger partial charge < -0.3 is 14.8 Å². The Morgan fingerprint density at radius 1 is 1.42 bits per heavy atom. The van der Waals surface area contributed by atoms with E-state index in [0.717, 1.165) is 0 Å². The minimum Gasteiger partial charge on any atom is -0.372 e. The molecular weight excluding hydrogens is 272 g/mol. The predicted octanol–water partition coefficient (Wildman–Crippen LogP) is 2.81. The Morgan fingerprint density at radius 2 is 2.05 bits per heavy atom. The SMILES string of the molecule is CC1(C)OCC(Nc2cc(Cl)ccc2[N+](=O)[O-])CO1. The van der Waals surface area contributed by atoms with Crippen LogP contribution in [0.4, 0.5) is 11.4 Å². The monoisotopic (exact) mass is 286 g/mol. The van der Waals surface area contributed by atoms with Gasteiger partial charge in [0.05, 0.1) is 24.2 Å². The normalized spacial score (nSPS) is 19.1. The number of benzene rings is 1. The summed E-state index contributed by atoms with van der Waals surface area (Å²) >= 11 is 5.86. The number of nitro benzene ring substituents is 1. The van der Waals surface area contributed by atoms with E-state index in [-0.39, 0.29) is 11.7 Å². The van der Waals surface area contributed by atoms with Crippen molar-refractivity contribution in [1.82, 2.24) is 0 Å². The van der Waals surface area contributed by atoms with Crippen LogP contribution in [0.2, 0.25) is 5.02 Å². The van der Waals surface area contributed by atoms with Crippen LogP contribution in [0.15, 0.2) is 18.2 Å². The van der Waals surface area contributed by atoms with E-state index >= 15 is 0 Å². The topological polar surface area (TPSA) is 73.6 Å². The highest BCUT2D eigenvalue weighted by molar-refractivity contribution is 6.31. The van der Waals surface area contributed by atoms with Gasteiger partial charge in [0.25, 0.3) is 5.69 Å². The molecule has 2 rings (SSSR count). The van der Waals surface area contributed by atoms with E-state index in [1.54, 1.807) is 0 Å². The molecular formula is C12H15ClN2O4. The minimum atomic E-state index is -0.613. The summed E-state index contributed by atoms with van der Waals surface area (Å²) in [4.78, 5) is 10.5. The van der Waals surface area contributed by atoms with Crippen LogP contribution >= 0.6 is 11.6 Å². The van der Waals surface area contributed by atoms with Crippen molar-refractivity contribution in [2.75, 3.05) is 18.5 Å². The van der Waals surface area contributed by atoms with Crippen LogP contribution in [0, 0.1) is 10.1 Å². The second-order valence-corrected chi connectivity index (χ2v) is 5.22. The summed E-state index contributed by atoms with van der Waals surface area (Å²) in [5.41, 5.74) is 0.351. The van der Waals surface area contributed by atoms with Crippen molar-refractivity contribution in [3.8, 4) is 0 Å². The third-order valence-electron chi connectivity index (χ3n) is 2.78. The van der Waals surface area contributed by atoms with E-state index in [0.29, 0.717) is 23.9 Å². The maximum absolute atomic E-state index is 10.9. The van der Waals surface area contributed by atoms with E-state index in [2.05, 4.69) is 5.32 Å². The zero-order valence-corrected chi connectivity index (χ0v) is 11.4. The van der Waals surface area contributed by atoms with Gasteiger partial charge in [-0.25, -0.2) is 0 Å². The van der Waals surface area contributed by atoms with Crippen LogP contribution < -0.4 is 5.32 Å². The lowest BCUT2D eigenvalue weighted by molar-refractivity contribution is -0.384. The number of anilines is 1. The van der Waals surface area contributed by atoms with Crippen molar-refractivity contribution in [3.05, 3.63) is 33.3 Å². The molecule has 1 fully saturated rings. The van der Waals surface area contributed by atoms with Crippen molar-refractivity contribution >= 4 is 23.0 Å². The van der Waals surface area contributed by atoms with Gasteiger partial charge in [-0.1, -0.05) is 11.6 Å². The molecule has 0 saturated carbocycles. The first-order valence-electron chi connectivity index (χ1n) is 5.86. The van der Waals surface area contributed by atoms with Crippen molar-refractivity contribution < 1.29 is 14.4 Å². The second-order valence-electron chi connectivity index (χ2n) is 4.78. The highest BCUT2D eigenvalue weighted by Gasteiger charge is 2.29. The van der Waals surface area contributed by atoms with Crippen molar-refractivity contribution in [2.24, 2.45) is 0 Å². The Bertz CT molecular complexity index is 483. The molecule has 1 aromatic rings. The Hall–Kier alpha value is -1.37. The van der Waals surface area contributed by atoms with Crippen LogP contribution in [0.3, 0.4) is 0 Å². The van der Waals surface area contributed by atoms with Gasteiger partial charge in [-0.15, -0.1) is 0 Å². The summed E-state index contributed by atoms with van der Waals surface area (Å²) in [6.45, 7) is 4.48. The molecule has 1 aliphatic heterocycles. The average Bonchev–Trinajstić information content (AvgIpc) is 2.31. The molecule has 0 aromatic heterocycles. The van der Waals surface area contributed by atoms with Gasteiger partial charge in [-0.2, -0.15) is 0 Å². The van der Waals surface area contributed by atoms with Gasteiger partial charge in [0.1, 0.15) is 5.69 Å². The van der Waals surface area contributed by atoms with Crippen molar-refractivity contribution in [1.29, 1.82) is 0 Å². The fraction of sp³-hybridized carbons (Fsp3) is 0.500. The van der Waals surface area contributed by atoms with Gasteiger partial charge in [0.2, 0.25) is 0 Å². The Labute approximate surface area is 115 Å². The van der Waals surface area contributed by atoms with Crippen molar-refractivity contribution in [2.45, 2.75) is 25.7 Å². The first kappa shape index (κ1) is 14.0. The van der Waals surface area contributed by atoms with Gasteiger partial charge >= 0.3 is 0 Å². The number of nitrogens with one attached hydrogen (secondary N) is 1. The predicted molar refractivity (Wildman–Crippen MR) is 71.5 cm³/mol. The fourth-order valence-electron chi connectivity index (χ4n) is 1.78. The molecule has 7 heteroatoms. The van der Waals surface area contributed by atoms with E-state index < -0.39 is 10.7 Å². The Morgan fingerprint density at radius 3 is 2.63 bits per heavy atom. The van der Waals surface area contributed by atoms with E-state index in [1.807, 2.05) is 13.8 Å². The molecule has 0 amide bonds. The van der Waals surface area contributed by atoms with Crippen molar-refractivity contribution in [3.63, 3.8) is 0 Å². The molecule has 19 heavy (non-hydrogen) atoms. The van der Waals surface area contributed by atoms with Crippen LogP contribution in [-0.2, 0) is 9.47 Å². The highest BCUT2D eigenvalue weighted by atomic mass is 35.5. The largest absolute Gasteiger partial charge is 0.372 e. The summed E-state index contributed by atoms with van der Waals surface area (Å²) in [5, 5.41) is 14.4. The van der Waals surface area contributed by atoms with Crippen LogP contribution in [0.1, 0.15) is 13.8 Å². The molecule has 1 aliphatic rings. The molecule has 0 radical (unpaired) electrons. The van der Waals surface area contributed by atoms with Gasteiger partial charge in [-0.05, 0) is 26.0 Å². The number of rotatable bonds is 3. The van der Waals surface area contributed by atoms with Gasteiger partial charge in [0.15, 0.2) is 5.79 Å². The molecule has 104 valence electrons. The maximum Gasteiger partial charge on any atom is 0.292 e. The van der Waals surface area contributed by atoms with Gasteiger partial charge in [-0.3, -0.25) is 10.1 Å². The lowest BCUT2D eigenvalue weighted by Crippen LogP contribution is -2.45. The summed E-state index contributed by atoms with van der Waals surface area (Å²) in [7, 11) is 0. The molecule has 1 N–H and O–H groups in total. The summed E-state index contributed by atoms with van der Waals surface area (Å²) in [6, 6.07) is 4.24. The quantitative estimate of drug-likeness (QED) is 0.683. The Balaban J connectivity index is 2.11. The third kappa shape index (κ3) is 3.56. The lowest BCUT2D eigenvalue weighted by atomic mass is 10.2. The van der Waals surface area contributed by atoms with E-state index in [4.69, 9.17) is 21.1 Å². The number of hydrogen-bond donors (Lipinski definition) is 1. The summed E-state index contributed by atoms with van der Waals surface area (Å²) < 4.78 is 11.0. The zero-order valence-electron chi connectivity index (χ0n) is 10.7. The molecule has 1 saturated heterocycles. The number of ether oxygens (including phenoxy) is 2. The second kappa shape index (κ2) is 5.32. The molecule has 1 aromatic carbocycles.